The van der Waals surface area contributed by atoms with Crippen molar-refractivity contribution >= 4 is 48.4 Å². The van der Waals surface area contributed by atoms with Crippen LogP contribution >= 0.6 is 36.4 Å². The minimum absolute atomic E-state index is 0.0830. The lowest BCUT2D eigenvalue weighted by Crippen LogP contribution is -1.93. The Kier molecular flexibility index (Phi) is 3.01. The standard InChI is InChI=1S/C5H4N2O2S3/c8-4(9)3(10)1-2-5(11)12-7-6-2/h1,7,10H,(H,8,9). The fourth-order valence-corrected chi connectivity index (χ4v) is 1.27. The van der Waals surface area contributed by atoms with E-state index in [-0.39, 0.29) is 4.91 Å². The van der Waals surface area contributed by atoms with Crippen molar-refractivity contribution < 1.29 is 9.90 Å². The summed E-state index contributed by atoms with van der Waals surface area (Å²) in [6.45, 7) is 0. The second kappa shape index (κ2) is 3.83. The molecule has 0 saturated heterocycles. The number of aromatic nitrogens is 2. The summed E-state index contributed by atoms with van der Waals surface area (Å²) in [5, 5.41) is 12.2. The summed E-state index contributed by atoms with van der Waals surface area (Å²) in [4.78, 5) is 10.2. The van der Waals surface area contributed by atoms with Crippen LogP contribution in [0.15, 0.2) is 4.91 Å². The predicted octanol–water partition coefficient (Wildman–Crippen LogP) is 1.56. The third-order valence-corrected chi connectivity index (χ3v) is 2.36. The summed E-state index contributed by atoms with van der Waals surface area (Å²) in [6, 6.07) is 0. The topological polar surface area (TPSA) is 66.0 Å². The number of thiol groups is 1. The second-order valence-corrected chi connectivity index (χ2v) is 3.76. The molecular formula is C5H4N2O2S3. The van der Waals surface area contributed by atoms with Crippen LogP contribution in [0.1, 0.15) is 5.69 Å². The molecule has 0 atom stereocenters. The van der Waals surface area contributed by atoms with Crippen molar-refractivity contribution in [3.05, 3.63) is 14.4 Å². The lowest BCUT2D eigenvalue weighted by Gasteiger charge is -1.87. The van der Waals surface area contributed by atoms with E-state index in [0.29, 0.717) is 9.52 Å². The lowest BCUT2D eigenvalue weighted by atomic mass is 10.4. The molecule has 12 heavy (non-hydrogen) atoms. The van der Waals surface area contributed by atoms with Gasteiger partial charge in [0.2, 0.25) is 0 Å². The Hall–Kier alpha value is -0.660. The van der Waals surface area contributed by atoms with Gasteiger partial charge in [0.15, 0.2) is 0 Å². The number of aromatic amines is 1. The second-order valence-electron chi connectivity index (χ2n) is 1.81. The minimum atomic E-state index is -1.10. The molecular weight excluding hydrogens is 216 g/mol. The van der Waals surface area contributed by atoms with Gasteiger partial charge in [0.25, 0.3) is 0 Å². The molecule has 0 spiro atoms. The smallest absolute Gasteiger partial charge is 0.341 e. The molecule has 0 unspecified atom stereocenters. The number of nitrogens with one attached hydrogen (secondary N) is 1. The van der Waals surface area contributed by atoms with Gasteiger partial charge in [-0.2, -0.15) is 5.10 Å². The maximum absolute atomic E-state index is 10.3. The highest BCUT2D eigenvalue weighted by atomic mass is 32.2. The van der Waals surface area contributed by atoms with E-state index in [1.807, 2.05) is 0 Å². The molecule has 0 aromatic carbocycles. The van der Waals surface area contributed by atoms with Crippen LogP contribution in [-0.4, -0.2) is 20.7 Å². The molecule has 4 nitrogen and oxygen atoms in total. The van der Waals surface area contributed by atoms with Gasteiger partial charge in [0.1, 0.15) is 9.52 Å². The zero-order chi connectivity index (χ0) is 9.14. The zero-order valence-corrected chi connectivity index (χ0v) is 8.17. The van der Waals surface area contributed by atoms with Crippen LogP contribution in [0.3, 0.4) is 0 Å². The van der Waals surface area contributed by atoms with E-state index in [0.717, 1.165) is 0 Å². The first-order valence-corrected chi connectivity index (χ1v) is 4.46. The molecule has 0 aliphatic carbocycles. The van der Waals surface area contributed by atoms with E-state index >= 15 is 0 Å². The van der Waals surface area contributed by atoms with E-state index in [4.69, 9.17) is 17.3 Å². The fraction of sp³-hybridized carbons (Fsp3) is 0. The first-order chi connectivity index (χ1) is 5.61. The van der Waals surface area contributed by atoms with Crippen LogP contribution in [-0.2, 0) is 4.79 Å². The van der Waals surface area contributed by atoms with Crippen molar-refractivity contribution in [3.8, 4) is 0 Å². The highest BCUT2D eigenvalue weighted by Gasteiger charge is 2.03. The quantitative estimate of drug-likeness (QED) is 0.402. The van der Waals surface area contributed by atoms with Crippen molar-refractivity contribution in [2.24, 2.45) is 0 Å². The van der Waals surface area contributed by atoms with Gasteiger partial charge in [-0.25, -0.2) is 9.28 Å². The van der Waals surface area contributed by atoms with Crippen LogP contribution in [0.25, 0.3) is 6.08 Å². The minimum Gasteiger partial charge on any atom is -0.477 e. The van der Waals surface area contributed by atoms with E-state index in [2.05, 4.69) is 22.2 Å². The van der Waals surface area contributed by atoms with Gasteiger partial charge in [-0.15, -0.1) is 12.6 Å². The Labute approximate surface area is 82.5 Å². The third kappa shape index (κ3) is 2.16. The van der Waals surface area contributed by atoms with E-state index in [9.17, 15) is 4.79 Å². The molecule has 1 aromatic rings. The molecule has 0 bridgehead atoms. The van der Waals surface area contributed by atoms with Crippen molar-refractivity contribution in [1.29, 1.82) is 0 Å². The average molecular weight is 220 g/mol. The van der Waals surface area contributed by atoms with Gasteiger partial charge in [-0.05, 0) is 17.6 Å². The predicted molar refractivity (Wildman–Crippen MR) is 51.9 cm³/mol. The van der Waals surface area contributed by atoms with Crippen LogP contribution in [0, 0.1) is 3.82 Å². The Morgan fingerprint density at radius 2 is 2.50 bits per heavy atom. The zero-order valence-electron chi connectivity index (χ0n) is 5.64. The Balaban J connectivity index is 3.03. The lowest BCUT2D eigenvalue weighted by molar-refractivity contribution is -0.131. The molecule has 0 saturated carbocycles. The van der Waals surface area contributed by atoms with Gasteiger partial charge >= 0.3 is 5.97 Å². The Morgan fingerprint density at radius 1 is 1.83 bits per heavy atom. The number of hydrogen-bond acceptors (Lipinski definition) is 5. The summed E-state index contributed by atoms with van der Waals surface area (Å²) in [5.74, 6) is -1.10. The SMILES string of the molecule is O=C(O)C(S)=Cc1n[nH]sc1=S. The first-order valence-electron chi connectivity index (χ1n) is 2.79. The molecule has 7 heteroatoms. The van der Waals surface area contributed by atoms with Gasteiger partial charge in [-0.3, -0.25) is 0 Å². The average Bonchev–Trinajstić information content (AvgIpc) is 2.36. The molecule has 0 radical (unpaired) electrons. The Bertz CT molecular complexity index is 378. The van der Waals surface area contributed by atoms with Crippen molar-refractivity contribution in [1.82, 2.24) is 9.59 Å². The van der Waals surface area contributed by atoms with Crippen molar-refractivity contribution in [3.63, 3.8) is 0 Å². The molecule has 1 aromatic heterocycles. The van der Waals surface area contributed by atoms with E-state index < -0.39 is 5.97 Å². The number of carbonyl (C=O) groups is 1. The molecule has 0 fully saturated rings. The van der Waals surface area contributed by atoms with Crippen LogP contribution in [0.4, 0.5) is 0 Å². The Morgan fingerprint density at radius 3 is 2.92 bits per heavy atom. The van der Waals surface area contributed by atoms with Crippen molar-refractivity contribution in [2.75, 3.05) is 0 Å². The molecule has 2 N–H and O–H groups in total. The number of hydrogen-bond donors (Lipinski definition) is 3. The number of carboxylic acids is 1. The van der Waals surface area contributed by atoms with Crippen molar-refractivity contribution in [2.45, 2.75) is 0 Å². The highest BCUT2D eigenvalue weighted by molar-refractivity contribution is 7.85. The number of rotatable bonds is 2. The molecule has 0 aliphatic rings. The van der Waals surface area contributed by atoms with Gasteiger partial charge in [-0.1, -0.05) is 12.2 Å². The maximum Gasteiger partial charge on any atom is 0.341 e. The van der Waals surface area contributed by atoms with Gasteiger partial charge in [0.05, 0.1) is 4.91 Å². The largest absolute Gasteiger partial charge is 0.477 e. The molecule has 0 amide bonds. The molecule has 1 heterocycles. The van der Waals surface area contributed by atoms with Gasteiger partial charge < -0.3 is 5.11 Å². The van der Waals surface area contributed by atoms with Crippen LogP contribution < -0.4 is 0 Å². The fourth-order valence-electron chi connectivity index (χ4n) is 0.494. The number of carboxylic acid groups (broad SMARTS) is 1. The maximum atomic E-state index is 10.3. The molecule has 1 rings (SSSR count). The summed E-state index contributed by atoms with van der Waals surface area (Å²) >= 11 is 9.73. The highest BCUT2D eigenvalue weighted by Crippen LogP contribution is 2.10. The number of aliphatic carboxylic acids is 1. The summed E-state index contributed by atoms with van der Waals surface area (Å²) in [7, 11) is 0. The monoisotopic (exact) mass is 220 g/mol. The molecule has 0 aliphatic heterocycles. The first kappa shape index (κ1) is 9.43. The number of H-pyrrole nitrogens is 1. The van der Waals surface area contributed by atoms with Crippen LogP contribution in [0.2, 0.25) is 0 Å². The normalized spacial score (nSPS) is 11.6. The molecule has 64 valence electrons. The van der Waals surface area contributed by atoms with E-state index in [1.165, 1.54) is 17.6 Å². The van der Waals surface area contributed by atoms with Gasteiger partial charge in [0, 0.05) is 0 Å². The van der Waals surface area contributed by atoms with Crippen LogP contribution in [0.5, 0.6) is 0 Å². The summed E-state index contributed by atoms with van der Waals surface area (Å²) in [5.41, 5.74) is 0.433. The van der Waals surface area contributed by atoms with E-state index in [1.54, 1.807) is 0 Å². The summed E-state index contributed by atoms with van der Waals surface area (Å²) in [6.07, 6.45) is 1.31. The number of nitrogens with zero attached hydrogens (tertiary/aromatic N) is 1. The third-order valence-electron chi connectivity index (χ3n) is 1.01. The summed E-state index contributed by atoms with van der Waals surface area (Å²) < 4.78 is 3.07.